The Balaban J connectivity index is 2.24. The molecule has 0 radical (unpaired) electrons. The van der Waals surface area contributed by atoms with Gasteiger partial charge in [0.2, 0.25) is 0 Å². The first-order chi connectivity index (χ1) is 9.94. The molecule has 4 heteroatoms. The third-order valence-electron chi connectivity index (χ3n) is 3.92. The summed E-state index contributed by atoms with van der Waals surface area (Å²) in [5, 5.41) is 0. The van der Waals surface area contributed by atoms with Gasteiger partial charge in [-0.1, -0.05) is 12.1 Å². The lowest BCUT2D eigenvalue weighted by molar-refractivity contribution is -0.0713. The predicted molar refractivity (Wildman–Crippen MR) is 85.6 cm³/mol. The minimum Gasteiger partial charge on any atom is -0.491 e. The fourth-order valence-corrected chi connectivity index (χ4v) is 2.96. The van der Waals surface area contributed by atoms with Crippen molar-refractivity contribution in [2.45, 2.75) is 45.4 Å². The van der Waals surface area contributed by atoms with Crippen LogP contribution in [0.4, 0.5) is 0 Å². The summed E-state index contributed by atoms with van der Waals surface area (Å²) < 4.78 is 11.4. The van der Waals surface area contributed by atoms with Crippen molar-refractivity contribution < 1.29 is 9.47 Å². The molecular formula is C17H28N2O2. The fraction of sp³-hybridized carbons (Fsp3) is 0.647. The first kappa shape index (κ1) is 16.3. The Labute approximate surface area is 128 Å². The van der Waals surface area contributed by atoms with Gasteiger partial charge in [0.1, 0.15) is 5.75 Å². The molecule has 0 bridgehead atoms. The van der Waals surface area contributed by atoms with E-state index >= 15 is 0 Å². The fourth-order valence-electron chi connectivity index (χ4n) is 2.96. The van der Waals surface area contributed by atoms with Gasteiger partial charge in [-0.25, -0.2) is 0 Å². The van der Waals surface area contributed by atoms with Gasteiger partial charge < -0.3 is 15.2 Å². The van der Waals surface area contributed by atoms with Crippen LogP contribution in [0.15, 0.2) is 24.3 Å². The second kappa shape index (κ2) is 6.77. The number of benzene rings is 1. The van der Waals surface area contributed by atoms with E-state index in [4.69, 9.17) is 15.2 Å². The van der Waals surface area contributed by atoms with E-state index in [9.17, 15) is 0 Å². The van der Waals surface area contributed by atoms with Crippen LogP contribution in [0, 0.1) is 0 Å². The number of nitrogens with zero attached hydrogens (tertiary/aromatic N) is 1. The average molecular weight is 292 g/mol. The lowest BCUT2D eigenvalue weighted by Gasteiger charge is -2.46. The molecule has 1 aromatic rings. The van der Waals surface area contributed by atoms with Crippen molar-refractivity contribution in [3.05, 3.63) is 29.8 Å². The van der Waals surface area contributed by atoms with Crippen LogP contribution < -0.4 is 10.5 Å². The molecular weight excluding hydrogens is 264 g/mol. The summed E-state index contributed by atoms with van der Waals surface area (Å²) >= 11 is 0. The van der Waals surface area contributed by atoms with Crippen LogP contribution in [0.3, 0.4) is 0 Å². The third-order valence-corrected chi connectivity index (χ3v) is 3.92. The molecule has 0 amide bonds. The standard InChI is InChI=1S/C17H28N2O2/c1-13(2)21-15-7-5-6-14(10-15)16(11-18)19-8-9-20-12-17(19,3)4/h5-7,10,13,16H,8-9,11-12,18H2,1-4H3. The summed E-state index contributed by atoms with van der Waals surface area (Å²) in [6, 6.07) is 8.49. The topological polar surface area (TPSA) is 47.7 Å². The van der Waals surface area contributed by atoms with Crippen molar-refractivity contribution in [3.8, 4) is 5.75 Å². The van der Waals surface area contributed by atoms with E-state index in [1.165, 1.54) is 5.56 Å². The second-order valence-corrected chi connectivity index (χ2v) is 6.55. The monoisotopic (exact) mass is 292 g/mol. The maximum absolute atomic E-state index is 6.08. The van der Waals surface area contributed by atoms with Crippen LogP contribution in [0.1, 0.15) is 39.3 Å². The summed E-state index contributed by atoms with van der Waals surface area (Å²) in [7, 11) is 0. The Hall–Kier alpha value is -1.10. The van der Waals surface area contributed by atoms with Crippen LogP contribution in [-0.2, 0) is 4.74 Å². The van der Waals surface area contributed by atoms with Gasteiger partial charge >= 0.3 is 0 Å². The first-order valence-electron chi connectivity index (χ1n) is 7.75. The van der Waals surface area contributed by atoms with Crippen molar-refractivity contribution >= 4 is 0 Å². The highest BCUT2D eigenvalue weighted by Gasteiger charge is 2.35. The molecule has 0 aromatic heterocycles. The summed E-state index contributed by atoms with van der Waals surface area (Å²) in [6.07, 6.45) is 0.177. The molecule has 2 rings (SSSR count). The lowest BCUT2D eigenvalue weighted by atomic mass is 9.95. The highest BCUT2D eigenvalue weighted by atomic mass is 16.5. The third kappa shape index (κ3) is 3.96. The van der Waals surface area contributed by atoms with Crippen molar-refractivity contribution in [1.82, 2.24) is 4.90 Å². The molecule has 0 spiro atoms. The van der Waals surface area contributed by atoms with Crippen molar-refractivity contribution in [2.24, 2.45) is 5.73 Å². The van der Waals surface area contributed by atoms with Gasteiger partial charge in [-0.05, 0) is 45.4 Å². The number of hydrogen-bond acceptors (Lipinski definition) is 4. The van der Waals surface area contributed by atoms with E-state index in [1.807, 2.05) is 26.0 Å². The number of hydrogen-bond donors (Lipinski definition) is 1. The predicted octanol–water partition coefficient (Wildman–Crippen LogP) is 2.58. The maximum Gasteiger partial charge on any atom is 0.120 e. The van der Waals surface area contributed by atoms with Gasteiger partial charge in [0.05, 0.1) is 19.3 Å². The first-order valence-corrected chi connectivity index (χ1v) is 7.75. The van der Waals surface area contributed by atoms with Crippen molar-refractivity contribution in [1.29, 1.82) is 0 Å². The lowest BCUT2D eigenvalue weighted by Crippen LogP contribution is -2.55. The Kier molecular flexibility index (Phi) is 5.25. The minimum absolute atomic E-state index is 0.00278. The average Bonchev–Trinajstić information content (AvgIpc) is 2.41. The summed E-state index contributed by atoms with van der Waals surface area (Å²) in [5.41, 5.74) is 7.30. The highest BCUT2D eigenvalue weighted by molar-refractivity contribution is 5.31. The summed E-state index contributed by atoms with van der Waals surface area (Å²) in [4.78, 5) is 2.45. The summed E-state index contributed by atoms with van der Waals surface area (Å²) in [6.45, 7) is 11.5. The smallest absolute Gasteiger partial charge is 0.120 e. The molecule has 1 aromatic carbocycles. The molecule has 1 heterocycles. The largest absolute Gasteiger partial charge is 0.491 e. The molecule has 1 aliphatic rings. The van der Waals surface area contributed by atoms with E-state index < -0.39 is 0 Å². The van der Waals surface area contributed by atoms with E-state index in [1.54, 1.807) is 0 Å². The molecule has 1 fully saturated rings. The van der Waals surface area contributed by atoms with Gasteiger partial charge in [0, 0.05) is 24.7 Å². The van der Waals surface area contributed by atoms with Gasteiger partial charge in [-0.2, -0.15) is 0 Å². The Morgan fingerprint density at radius 1 is 1.38 bits per heavy atom. The van der Waals surface area contributed by atoms with E-state index in [2.05, 4.69) is 30.9 Å². The zero-order valence-electron chi connectivity index (χ0n) is 13.6. The van der Waals surface area contributed by atoms with Crippen LogP contribution in [0.5, 0.6) is 5.75 Å². The van der Waals surface area contributed by atoms with Gasteiger partial charge in [-0.15, -0.1) is 0 Å². The molecule has 1 saturated heterocycles. The van der Waals surface area contributed by atoms with Gasteiger partial charge in [0.15, 0.2) is 0 Å². The molecule has 1 unspecified atom stereocenters. The van der Waals surface area contributed by atoms with E-state index in [-0.39, 0.29) is 17.7 Å². The molecule has 118 valence electrons. The molecule has 21 heavy (non-hydrogen) atoms. The Morgan fingerprint density at radius 2 is 2.14 bits per heavy atom. The number of rotatable bonds is 5. The van der Waals surface area contributed by atoms with Crippen LogP contribution in [-0.4, -0.2) is 42.8 Å². The molecule has 4 nitrogen and oxygen atoms in total. The summed E-state index contributed by atoms with van der Waals surface area (Å²) in [5.74, 6) is 0.909. The van der Waals surface area contributed by atoms with Crippen molar-refractivity contribution in [3.63, 3.8) is 0 Å². The molecule has 1 atom stereocenters. The van der Waals surface area contributed by atoms with E-state index in [0.29, 0.717) is 6.54 Å². The van der Waals surface area contributed by atoms with Gasteiger partial charge in [-0.3, -0.25) is 4.90 Å². The van der Waals surface area contributed by atoms with Crippen molar-refractivity contribution in [2.75, 3.05) is 26.3 Å². The highest BCUT2D eigenvalue weighted by Crippen LogP contribution is 2.31. The normalized spacial score (nSPS) is 20.5. The molecule has 1 aliphatic heterocycles. The maximum atomic E-state index is 6.08. The number of ether oxygens (including phenoxy) is 2. The minimum atomic E-state index is -0.00278. The SMILES string of the molecule is CC(C)Oc1cccc(C(CN)N2CCOCC2(C)C)c1. The van der Waals surface area contributed by atoms with E-state index in [0.717, 1.165) is 25.5 Å². The second-order valence-electron chi connectivity index (χ2n) is 6.55. The molecule has 0 saturated carbocycles. The Morgan fingerprint density at radius 3 is 2.76 bits per heavy atom. The van der Waals surface area contributed by atoms with Crippen LogP contribution >= 0.6 is 0 Å². The zero-order chi connectivity index (χ0) is 15.5. The quantitative estimate of drug-likeness (QED) is 0.906. The van der Waals surface area contributed by atoms with Crippen LogP contribution in [0.25, 0.3) is 0 Å². The molecule has 0 aliphatic carbocycles. The van der Waals surface area contributed by atoms with Crippen LogP contribution in [0.2, 0.25) is 0 Å². The number of nitrogens with two attached hydrogens (primary N) is 1. The van der Waals surface area contributed by atoms with Gasteiger partial charge in [0.25, 0.3) is 0 Å². The molecule has 2 N–H and O–H groups in total. The Bertz CT molecular complexity index is 460. The number of morpholine rings is 1. The zero-order valence-corrected chi connectivity index (χ0v) is 13.6.